The van der Waals surface area contributed by atoms with Crippen molar-refractivity contribution in [1.82, 2.24) is 21.3 Å². The van der Waals surface area contributed by atoms with Gasteiger partial charge in [0.1, 0.15) is 18.1 Å². The van der Waals surface area contributed by atoms with Crippen molar-refractivity contribution in [2.75, 3.05) is 19.8 Å². The van der Waals surface area contributed by atoms with Crippen molar-refractivity contribution in [2.24, 2.45) is 0 Å². The molecule has 1 aliphatic rings. The maximum atomic E-state index is 12.3. The molecule has 4 atom stereocenters. The first-order valence-corrected chi connectivity index (χ1v) is 8.50. The van der Waals surface area contributed by atoms with Gasteiger partial charge in [-0.3, -0.25) is 19.2 Å². The van der Waals surface area contributed by atoms with Crippen LogP contribution in [0.1, 0.15) is 19.3 Å². The number of hydrogen-bond acceptors (Lipinski definition) is 8. The van der Waals surface area contributed by atoms with E-state index in [0.29, 0.717) is 13.0 Å². The number of carboxylic acid groups (broad SMARTS) is 2. The summed E-state index contributed by atoms with van der Waals surface area (Å²) in [4.78, 5) is 58.3. The Hall–Kier alpha value is -2.77. The first-order valence-electron chi connectivity index (χ1n) is 8.50. The van der Waals surface area contributed by atoms with Crippen molar-refractivity contribution in [3.8, 4) is 0 Å². The van der Waals surface area contributed by atoms with Crippen LogP contribution in [0.3, 0.4) is 0 Å². The van der Waals surface area contributed by atoms with Crippen LogP contribution in [0.15, 0.2) is 0 Å². The van der Waals surface area contributed by atoms with E-state index >= 15 is 0 Å². The fourth-order valence-electron chi connectivity index (χ4n) is 2.49. The Kier molecular flexibility index (Phi) is 9.27. The summed E-state index contributed by atoms with van der Waals surface area (Å²) in [6, 6.07) is -5.34. The van der Waals surface area contributed by atoms with Crippen molar-refractivity contribution in [1.29, 1.82) is 0 Å². The lowest BCUT2D eigenvalue weighted by atomic mass is 10.1. The van der Waals surface area contributed by atoms with Gasteiger partial charge in [0.25, 0.3) is 0 Å². The summed E-state index contributed by atoms with van der Waals surface area (Å²) in [5, 5.41) is 45.1. The molecule has 0 radical (unpaired) electrons. The van der Waals surface area contributed by atoms with Gasteiger partial charge in [-0.2, -0.15) is 0 Å². The van der Waals surface area contributed by atoms with Gasteiger partial charge in [-0.1, -0.05) is 0 Å². The highest BCUT2D eigenvalue weighted by atomic mass is 16.4. The quantitative estimate of drug-likeness (QED) is 0.166. The molecule has 0 aromatic heterocycles. The highest BCUT2D eigenvalue weighted by Gasteiger charge is 2.32. The molecule has 0 bridgehead atoms. The molecule has 1 heterocycles. The number of hydrogen-bond donors (Lipinski definition) is 8. The van der Waals surface area contributed by atoms with E-state index in [0.717, 1.165) is 6.42 Å². The summed E-state index contributed by atoms with van der Waals surface area (Å²) >= 11 is 0. The lowest BCUT2D eigenvalue weighted by Crippen LogP contribution is -2.58. The molecule has 13 nitrogen and oxygen atoms in total. The Bertz CT molecular complexity index is 606. The molecule has 1 saturated heterocycles. The maximum absolute atomic E-state index is 12.3. The third kappa shape index (κ3) is 7.09. The third-order valence-corrected chi connectivity index (χ3v) is 4.00. The number of carbonyl (C=O) groups excluding carboxylic acids is 3. The van der Waals surface area contributed by atoms with Gasteiger partial charge in [0, 0.05) is 0 Å². The molecule has 28 heavy (non-hydrogen) atoms. The van der Waals surface area contributed by atoms with E-state index in [2.05, 4.69) is 16.0 Å². The van der Waals surface area contributed by atoms with E-state index in [1.807, 2.05) is 5.32 Å². The van der Waals surface area contributed by atoms with E-state index in [9.17, 15) is 29.1 Å². The molecule has 158 valence electrons. The number of nitrogens with one attached hydrogen (secondary N) is 4. The molecular weight excluding hydrogens is 380 g/mol. The lowest BCUT2D eigenvalue weighted by molar-refractivity contribution is -0.144. The van der Waals surface area contributed by atoms with E-state index in [-0.39, 0.29) is 0 Å². The second-order valence-electron chi connectivity index (χ2n) is 6.13. The van der Waals surface area contributed by atoms with Gasteiger partial charge in [-0.15, -0.1) is 0 Å². The summed E-state index contributed by atoms with van der Waals surface area (Å²) < 4.78 is 0. The number of carbonyl (C=O) groups is 5. The van der Waals surface area contributed by atoms with Crippen molar-refractivity contribution in [3.05, 3.63) is 0 Å². The van der Waals surface area contributed by atoms with E-state index in [1.165, 1.54) is 0 Å². The molecule has 1 fully saturated rings. The van der Waals surface area contributed by atoms with Crippen LogP contribution in [-0.4, -0.2) is 94.0 Å². The first kappa shape index (κ1) is 23.3. The van der Waals surface area contributed by atoms with Crippen LogP contribution in [-0.2, 0) is 24.0 Å². The van der Waals surface area contributed by atoms with Crippen LogP contribution < -0.4 is 21.3 Å². The smallest absolute Gasteiger partial charge is 0.328 e. The Morgan fingerprint density at radius 3 is 1.93 bits per heavy atom. The first-order chi connectivity index (χ1) is 13.2. The Balaban J connectivity index is 2.76. The summed E-state index contributed by atoms with van der Waals surface area (Å²) in [5.41, 5.74) is 0. The van der Waals surface area contributed by atoms with E-state index < -0.39 is 73.5 Å². The van der Waals surface area contributed by atoms with Gasteiger partial charge in [-0.05, 0) is 19.4 Å². The molecule has 4 unspecified atom stereocenters. The normalized spacial score (nSPS) is 19.1. The number of aliphatic hydroxyl groups excluding tert-OH is 2. The molecule has 1 aliphatic heterocycles. The van der Waals surface area contributed by atoms with Crippen molar-refractivity contribution < 1.29 is 44.4 Å². The molecule has 1 rings (SSSR count). The number of aliphatic carboxylic acids is 2. The van der Waals surface area contributed by atoms with Crippen LogP contribution in [0.4, 0.5) is 0 Å². The van der Waals surface area contributed by atoms with Crippen LogP contribution in [0, 0.1) is 0 Å². The van der Waals surface area contributed by atoms with Crippen LogP contribution >= 0.6 is 0 Å². The molecule has 0 aromatic carbocycles. The number of rotatable bonds is 11. The second-order valence-corrected chi connectivity index (χ2v) is 6.13. The van der Waals surface area contributed by atoms with Crippen molar-refractivity contribution in [2.45, 2.75) is 43.4 Å². The van der Waals surface area contributed by atoms with Crippen molar-refractivity contribution in [3.63, 3.8) is 0 Å². The van der Waals surface area contributed by atoms with Crippen molar-refractivity contribution >= 4 is 29.7 Å². The molecule has 13 heteroatoms. The molecule has 8 N–H and O–H groups in total. The standard InChI is InChI=1S/C15H24N4O9/c20-5-9(14(26)19-10(6-21)15(27)28)18-13(25)8(4-11(22)23)17-12(24)7-2-1-3-16-7/h7-10,16,20-21H,1-6H2,(H,17,24)(H,18,25)(H,19,26)(H,22,23)(H,27,28). The maximum Gasteiger partial charge on any atom is 0.328 e. The minimum atomic E-state index is -1.65. The van der Waals surface area contributed by atoms with Crippen LogP contribution in [0.5, 0.6) is 0 Å². The topological polar surface area (TPSA) is 214 Å². The zero-order chi connectivity index (χ0) is 21.3. The molecular formula is C15H24N4O9. The van der Waals surface area contributed by atoms with Gasteiger partial charge >= 0.3 is 11.9 Å². The third-order valence-electron chi connectivity index (χ3n) is 4.00. The Labute approximate surface area is 159 Å². The second kappa shape index (κ2) is 11.2. The number of amides is 3. The summed E-state index contributed by atoms with van der Waals surface area (Å²) in [7, 11) is 0. The predicted octanol–water partition coefficient (Wildman–Crippen LogP) is -4.26. The highest BCUT2D eigenvalue weighted by molar-refractivity contribution is 5.95. The van der Waals surface area contributed by atoms with Gasteiger partial charge in [0.15, 0.2) is 0 Å². The van der Waals surface area contributed by atoms with Crippen LogP contribution in [0.25, 0.3) is 0 Å². The zero-order valence-corrected chi connectivity index (χ0v) is 14.9. The molecule has 0 spiro atoms. The fourth-order valence-corrected chi connectivity index (χ4v) is 2.49. The number of aliphatic hydroxyl groups is 2. The Morgan fingerprint density at radius 2 is 1.46 bits per heavy atom. The average molecular weight is 404 g/mol. The van der Waals surface area contributed by atoms with E-state index in [4.69, 9.17) is 15.3 Å². The molecule has 3 amide bonds. The van der Waals surface area contributed by atoms with E-state index in [1.54, 1.807) is 0 Å². The van der Waals surface area contributed by atoms with Crippen LogP contribution in [0.2, 0.25) is 0 Å². The Morgan fingerprint density at radius 1 is 0.893 bits per heavy atom. The molecule has 0 aliphatic carbocycles. The summed E-state index contributed by atoms with van der Waals surface area (Å²) in [6.07, 6.45) is 0.501. The van der Waals surface area contributed by atoms with Gasteiger partial charge in [0.05, 0.1) is 25.7 Å². The minimum absolute atomic E-state index is 0.520. The highest BCUT2D eigenvalue weighted by Crippen LogP contribution is 2.06. The zero-order valence-electron chi connectivity index (χ0n) is 14.9. The summed E-state index contributed by atoms with van der Waals surface area (Å²) in [5.74, 6) is -5.63. The molecule has 0 aromatic rings. The largest absolute Gasteiger partial charge is 0.481 e. The molecule has 0 saturated carbocycles. The predicted molar refractivity (Wildman–Crippen MR) is 90.9 cm³/mol. The van der Waals surface area contributed by atoms with Gasteiger partial charge in [-0.25, -0.2) is 4.79 Å². The van der Waals surface area contributed by atoms with Gasteiger partial charge < -0.3 is 41.7 Å². The van der Waals surface area contributed by atoms with Gasteiger partial charge in [0.2, 0.25) is 17.7 Å². The SMILES string of the molecule is O=C(O)CC(NC(=O)C1CCCN1)C(=O)NC(CO)C(=O)NC(CO)C(=O)O. The lowest BCUT2D eigenvalue weighted by Gasteiger charge is -2.23. The summed E-state index contributed by atoms with van der Waals surface area (Å²) in [6.45, 7) is -1.23. The monoisotopic (exact) mass is 404 g/mol. The fraction of sp³-hybridized carbons (Fsp3) is 0.667. The average Bonchev–Trinajstić information content (AvgIpc) is 3.17. The minimum Gasteiger partial charge on any atom is -0.481 e. The number of carboxylic acids is 2.